The van der Waals surface area contributed by atoms with Crippen LogP contribution in [0.3, 0.4) is 0 Å². The van der Waals surface area contributed by atoms with Gasteiger partial charge in [0.1, 0.15) is 4.21 Å². The second-order valence-corrected chi connectivity index (χ2v) is 10.7. The Morgan fingerprint density at radius 3 is 2.50 bits per heavy atom. The van der Waals surface area contributed by atoms with E-state index >= 15 is 0 Å². The largest absolute Gasteiger partial charge is 0.356 e. The smallest absolute Gasteiger partial charge is 0.252 e. The summed E-state index contributed by atoms with van der Waals surface area (Å²) in [5, 5.41) is 5.46. The van der Waals surface area contributed by atoms with Gasteiger partial charge in [-0.15, -0.1) is 22.7 Å². The van der Waals surface area contributed by atoms with Crippen LogP contribution >= 0.6 is 22.7 Å². The van der Waals surface area contributed by atoms with Crippen molar-refractivity contribution in [3.8, 4) is 0 Å². The molecule has 9 heteroatoms. The van der Waals surface area contributed by atoms with Gasteiger partial charge in [0.15, 0.2) is 5.96 Å². The first-order valence-electron chi connectivity index (χ1n) is 9.45. The molecule has 2 aromatic rings. The van der Waals surface area contributed by atoms with Crippen LogP contribution in [0, 0.1) is 0 Å². The molecule has 0 aromatic carbocycles. The summed E-state index contributed by atoms with van der Waals surface area (Å²) in [4.78, 5) is 8.87. The molecule has 0 aliphatic heterocycles. The van der Waals surface area contributed by atoms with Crippen LogP contribution < -0.4 is 5.32 Å². The fourth-order valence-electron chi connectivity index (χ4n) is 2.84. The van der Waals surface area contributed by atoms with Gasteiger partial charge in [0.25, 0.3) is 10.0 Å². The Hall–Kier alpha value is -1.42. The molecule has 1 N–H and O–H groups in total. The fourth-order valence-corrected chi connectivity index (χ4v) is 6.51. The van der Waals surface area contributed by atoms with Crippen LogP contribution in [0.4, 0.5) is 0 Å². The molecular formula is C19H30N4O2S3. The van der Waals surface area contributed by atoms with E-state index in [1.54, 1.807) is 24.5 Å². The maximum Gasteiger partial charge on any atom is 0.252 e. The van der Waals surface area contributed by atoms with Crippen LogP contribution in [0.2, 0.25) is 0 Å². The van der Waals surface area contributed by atoms with Gasteiger partial charge in [-0.3, -0.25) is 4.99 Å². The standard InChI is InChI=1S/C19H30N4O2S3/c1-5-23(6-2)28(24,25)18-10-9-17(27-18)11-13-21-19(20-3)22(4)14-12-16-8-7-15-26-16/h7-10,15H,5-6,11-14H2,1-4H3,(H,20,21). The number of likely N-dealkylation sites (N-methyl/N-ethyl adjacent to an activating group) is 1. The van der Waals surface area contributed by atoms with Crippen molar-refractivity contribution in [1.29, 1.82) is 0 Å². The van der Waals surface area contributed by atoms with Crippen molar-refractivity contribution in [3.05, 3.63) is 39.4 Å². The van der Waals surface area contributed by atoms with Crippen molar-refractivity contribution in [2.75, 3.05) is 40.3 Å². The van der Waals surface area contributed by atoms with Gasteiger partial charge >= 0.3 is 0 Å². The van der Waals surface area contributed by atoms with Crippen molar-refractivity contribution in [2.45, 2.75) is 30.9 Å². The van der Waals surface area contributed by atoms with E-state index in [1.165, 1.54) is 20.5 Å². The van der Waals surface area contributed by atoms with Crippen LogP contribution in [0.15, 0.2) is 38.8 Å². The number of hydrogen-bond donors (Lipinski definition) is 1. The molecule has 0 aliphatic carbocycles. The first-order valence-corrected chi connectivity index (χ1v) is 12.6. The van der Waals surface area contributed by atoms with Crippen molar-refractivity contribution in [1.82, 2.24) is 14.5 Å². The average Bonchev–Trinajstić information content (AvgIpc) is 3.36. The zero-order chi connectivity index (χ0) is 20.6. The summed E-state index contributed by atoms with van der Waals surface area (Å²) in [5.41, 5.74) is 0. The second kappa shape index (κ2) is 10.9. The van der Waals surface area contributed by atoms with E-state index in [0.717, 1.165) is 30.2 Å². The molecule has 0 spiro atoms. The summed E-state index contributed by atoms with van der Waals surface area (Å²) in [6, 6.07) is 7.85. The number of guanidine groups is 1. The molecule has 0 unspecified atom stereocenters. The number of sulfonamides is 1. The van der Waals surface area contributed by atoms with E-state index in [2.05, 4.69) is 32.7 Å². The molecule has 0 saturated heterocycles. The molecule has 0 saturated carbocycles. The highest BCUT2D eigenvalue weighted by Crippen LogP contribution is 2.25. The lowest BCUT2D eigenvalue weighted by molar-refractivity contribution is 0.447. The first-order chi connectivity index (χ1) is 13.4. The van der Waals surface area contributed by atoms with Gasteiger partial charge in [0.05, 0.1) is 0 Å². The normalized spacial score (nSPS) is 12.5. The van der Waals surface area contributed by atoms with Gasteiger partial charge in [-0.05, 0) is 36.4 Å². The lowest BCUT2D eigenvalue weighted by Crippen LogP contribution is -2.40. The lowest BCUT2D eigenvalue weighted by atomic mass is 10.3. The van der Waals surface area contributed by atoms with Gasteiger partial charge in [0, 0.05) is 50.0 Å². The van der Waals surface area contributed by atoms with Gasteiger partial charge in [-0.25, -0.2) is 8.42 Å². The Morgan fingerprint density at radius 1 is 1.14 bits per heavy atom. The maximum absolute atomic E-state index is 12.6. The number of thiophene rings is 2. The number of rotatable bonds is 10. The summed E-state index contributed by atoms with van der Waals surface area (Å²) >= 11 is 3.12. The Balaban J connectivity index is 1.86. The number of hydrogen-bond acceptors (Lipinski definition) is 5. The molecule has 2 heterocycles. The van der Waals surface area contributed by atoms with E-state index in [4.69, 9.17) is 0 Å². The minimum atomic E-state index is -3.37. The van der Waals surface area contributed by atoms with Crippen LogP contribution in [0.5, 0.6) is 0 Å². The van der Waals surface area contributed by atoms with Crippen molar-refractivity contribution >= 4 is 38.7 Å². The van der Waals surface area contributed by atoms with Gasteiger partial charge in [0.2, 0.25) is 0 Å². The molecule has 6 nitrogen and oxygen atoms in total. The molecule has 0 fully saturated rings. The average molecular weight is 443 g/mol. The third-order valence-corrected chi connectivity index (χ3v) is 9.04. The highest BCUT2D eigenvalue weighted by molar-refractivity contribution is 7.91. The molecule has 0 bridgehead atoms. The number of nitrogens with zero attached hydrogens (tertiary/aromatic N) is 3. The van der Waals surface area contributed by atoms with E-state index < -0.39 is 10.0 Å². The monoisotopic (exact) mass is 442 g/mol. The lowest BCUT2D eigenvalue weighted by Gasteiger charge is -2.21. The van der Waals surface area contributed by atoms with E-state index in [-0.39, 0.29) is 0 Å². The zero-order valence-corrected chi connectivity index (χ0v) is 19.5. The third kappa shape index (κ3) is 6.04. The topological polar surface area (TPSA) is 65.0 Å². The van der Waals surface area contributed by atoms with E-state index in [0.29, 0.717) is 23.8 Å². The van der Waals surface area contributed by atoms with Crippen molar-refractivity contribution in [3.63, 3.8) is 0 Å². The van der Waals surface area contributed by atoms with Crippen molar-refractivity contribution in [2.24, 2.45) is 4.99 Å². The molecule has 0 atom stereocenters. The molecule has 28 heavy (non-hydrogen) atoms. The fraction of sp³-hybridized carbons (Fsp3) is 0.526. The summed E-state index contributed by atoms with van der Waals surface area (Å²) in [5.74, 6) is 0.851. The van der Waals surface area contributed by atoms with Gasteiger partial charge < -0.3 is 10.2 Å². The van der Waals surface area contributed by atoms with Crippen LogP contribution in [-0.4, -0.2) is 63.9 Å². The predicted molar refractivity (Wildman–Crippen MR) is 120 cm³/mol. The first kappa shape index (κ1) is 22.9. The number of nitrogens with one attached hydrogen (secondary N) is 1. The summed E-state index contributed by atoms with van der Waals surface area (Å²) < 4.78 is 27.1. The third-order valence-electron chi connectivity index (χ3n) is 4.44. The second-order valence-electron chi connectivity index (χ2n) is 6.28. The Labute approximate surface area is 177 Å². The molecule has 2 rings (SSSR count). The van der Waals surface area contributed by atoms with E-state index in [9.17, 15) is 8.42 Å². The molecule has 0 aliphatic rings. The van der Waals surface area contributed by atoms with E-state index in [1.807, 2.05) is 27.0 Å². The molecule has 2 aromatic heterocycles. The number of aliphatic imine (C=N–C) groups is 1. The quantitative estimate of drug-likeness (QED) is 0.454. The minimum Gasteiger partial charge on any atom is -0.356 e. The Bertz CT molecular complexity index is 840. The summed E-state index contributed by atoms with van der Waals surface area (Å²) in [7, 11) is 0.444. The summed E-state index contributed by atoms with van der Waals surface area (Å²) in [6.07, 6.45) is 1.75. The van der Waals surface area contributed by atoms with Gasteiger partial charge in [-0.1, -0.05) is 19.9 Å². The molecular weight excluding hydrogens is 412 g/mol. The highest BCUT2D eigenvalue weighted by Gasteiger charge is 2.23. The van der Waals surface area contributed by atoms with Crippen LogP contribution in [-0.2, 0) is 22.9 Å². The van der Waals surface area contributed by atoms with Gasteiger partial charge in [-0.2, -0.15) is 4.31 Å². The zero-order valence-electron chi connectivity index (χ0n) is 17.0. The minimum absolute atomic E-state index is 0.420. The van der Waals surface area contributed by atoms with Crippen LogP contribution in [0.1, 0.15) is 23.6 Å². The SMILES string of the molecule is CCN(CC)S(=O)(=O)c1ccc(CCNC(=NC)N(C)CCc2cccs2)s1. The molecule has 0 amide bonds. The predicted octanol–water partition coefficient (Wildman–Crippen LogP) is 3.13. The Kier molecular flexibility index (Phi) is 8.94. The maximum atomic E-state index is 12.6. The molecule has 0 radical (unpaired) electrons. The van der Waals surface area contributed by atoms with Crippen LogP contribution in [0.25, 0.3) is 0 Å². The van der Waals surface area contributed by atoms with Crippen molar-refractivity contribution < 1.29 is 8.42 Å². The molecule has 156 valence electrons. The summed E-state index contributed by atoms with van der Waals surface area (Å²) in [6.45, 7) is 6.30. The highest BCUT2D eigenvalue weighted by atomic mass is 32.2. The Morgan fingerprint density at radius 2 is 1.89 bits per heavy atom.